The van der Waals surface area contributed by atoms with E-state index in [1.165, 1.54) is 30.5 Å². The summed E-state index contributed by atoms with van der Waals surface area (Å²) in [5, 5.41) is 3.52. The summed E-state index contributed by atoms with van der Waals surface area (Å²) in [6.07, 6.45) is -3.41. The molecule has 0 aliphatic rings. The molecule has 0 spiro atoms. The van der Waals surface area contributed by atoms with Gasteiger partial charge in [0.15, 0.2) is 0 Å². The molecule has 4 aromatic rings. The highest BCUT2D eigenvalue weighted by Crippen LogP contribution is 2.38. The Balaban J connectivity index is 1.92. The molecule has 38 heavy (non-hydrogen) atoms. The maximum atomic E-state index is 14.7. The Morgan fingerprint density at radius 2 is 1.61 bits per heavy atom. The first kappa shape index (κ1) is 27.2. The van der Waals surface area contributed by atoms with E-state index in [2.05, 4.69) is 10.3 Å². The van der Waals surface area contributed by atoms with Crippen molar-refractivity contribution in [1.29, 1.82) is 0 Å². The summed E-state index contributed by atoms with van der Waals surface area (Å²) in [5.74, 6) is -2.86. The minimum absolute atomic E-state index is 0.0410. The molecule has 0 fully saturated rings. The number of amides is 1. The molecule has 1 atom stereocenters. The maximum absolute atomic E-state index is 14.7. The number of carbonyl (C=O) groups excluding carboxylic acids is 1. The Kier molecular flexibility index (Phi) is 7.80. The van der Waals surface area contributed by atoms with E-state index in [1.54, 1.807) is 30.3 Å². The van der Waals surface area contributed by atoms with Crippen LogP contribution in [-0.4, -0.2) is 10.9 Å². The number of hydrogen-bond acceptors (Lipinski definition) is 3. The van der Waals surface area contributed by atoms with Crippen LogP contribution in [0.15, 0.2) is 85.1 Å². The number of halogens is 6. The van der Waals surface area contributed by atoms with Crippen molar-refractivity contribution in [2.45, 2.75) is 24.7 Å². The summed E-state index contributed by atoms with van der Waals surface area (Å²) in [4.78, 5) is 16.0. The molecule has 0 radical (unpaired) electrons. The molecule has 1 heterocycles. The second kappa shape index (κ2) is 10.9. The molecule has 1 aromatic heterocycles. The monoisotopic (exact) mass is 545 g/mol. The van der Waals surface area contributed by atoms with Crippen LogP contribution in [0, 0.1) is 11.6 Å². The van der Waals surface area contributed by atoms with E-state index in [9.17, 15) is 26.7 Å². The van der Waals surface area contributed by atoms with Crippen LogP contribution < -0.4 is 11.1 Å². The Morgan fingerprint density at radius 3 is 2.24 bits per heavy atom. The van der Waals surface area contributed by atoms with Crippen LogP contribution in [0.5, 0.6) is 0 Å². The number of primary amides is 1. The van der Waals surface area contributed by atoms with Crippen LogP contribution in [-0.2, 0) is 24.7 Å². The molecule has 0 saturated heterocycles. The number of aromatic nitrogens is 1. The van der Waals surface area contributed by atoms with Gasteiger partial charge in [-0.15, -0.1) is 0 Å². The highest BCUT2D eigenvalue weighted by molar-refractivity contribution is 6.30. The third-order valence-corrected chi connectivity index (χ3v) is 6.31. The van der Waals surface area contributed by atoms with Crippen molar-refractivity contribution in [3.63, 3.8) is 0 Å². The van der Waals surface area contributed by atoms with Gasteiger partial charge in [0.2, 0.25) is 0 Å². The lowest BCUT2D eigenvalue weighted by Gasteiger charge is -2.36. The standard InChI is InChI=1S/C28H21ClF5N3O/c29-21-7-9-25(36-16-21)27(14-17-4-2-1-3-5-17,19-11-20(28(32,33)34)13-22(30)12-19)37-15-18-6-8-24(31)23(10-18)26(35)38/h1-13,16,37H,14-15H2,(H2,35,38). The third kappa shape index (κ3) is 6.00. The predicted octanol–water partition coefficient (Wildman–Crippen LogP) is 6.41. The lowest BCUT2D eigenvalue weighted by Crippen LogP contribution is -2.46. The van der Waals surface area contributed by atoms with Crippen LogP contribution in [0.2, 0.25) is 5.02 Å². The Hall–Kier alpha value is -3.82. The smallest absolute Gasteiger partial charge is 0.366 e. The molecular weight excluding hydrogens is 525 g/mol. The van der Waals surface area contributed by atoms with Gasteiger partial charge in [0.05, 0.1) is 27.4 Å². The number of nitrogens with one attached hydrogen (secondary N) is 1. The van der Waals surface area contributed by atoms with Crippen LogP contribution in [0.3, 0.4) is 0 Å². The number of pyridine rings is 1. The van der Waals surface area contributed by atoms with Gasteiger partial charge in [-0.05, 0) is 59.2 Å². The summed E-state index contributed by atoms with van der Waals surface area (Å²) in [7, 11) is 0. The fraction of sp³-hybridized carbons (Fsp3) is 0.143. The fourth-order valence-electron chi connectivity index (χ4n) is 4.25. The number of nitrogens with two attached hydrogens (primary N) is 1. The zero-order chi connectivity index (χ0) is 27.5. The van der Waals surface area contributed by atoms with Gasteiger partial charge >= 0.3 is 6.18 Å². The summed E-state index contributed by atoms with van der Waals surface area (Å²) in [6.45, 7) is -0.0600. The number of nitrogens with zero attached hydrogens (tertiary/aromatic N) is 1. The fourth-order valence-corrected chi connectivity index (χ4v) is 4.36. The van der Waals surface area contributed by atoms with Gasteiger partial charge in [-0.25, -0.2) is 8.78 Å². The van der Waals surface area contributed by atoms with E-state index >= 15 is 0 Å². The summed E-state index contributed by atoms with van der Waals surface area (Å²) < 4.78 is 69.9. The Bertz CT molecular complexity index is 1450. The Morgan fingerprint density at radius 1 is 0.895 bits per heavy atom. The van der Waals surface area contributed by atoms with Crippen LogP contribution in [0.1, 0.15) is 38.3 Å². The van der Waals surface area contributed by atoms with Crippen molar-refractivity contribution < 1.29 is 26.7 Å². The van der Waals surface area contributed by atoms with Gasteiger partial charge < -0.3 is 5.73 Å². The first-order valence-corrected chi connectivity index (χ1v) is 11.7. The largest absolute Gasteiger partial charge is 0.416 e. The second-order valence-electron chi connectivity index (χ2n) is 8.69. The third-order valence-electron chi connectivity index (χ3n) is 6.09. The number of hydrogen-bond donors (Lipinski definition) is 2. The minimum atomic E-state index is -4.81. The zero-order valence-corrected chi connectivity index (χ0v) is 20.5. The van der Waals surface area contributed by atoms with Gasteiger partial charge in [-0.2, -0.15) is 13.2 Å². The van der Waals surface area contributed by atoms with E-state index in [1.807, 2.05) is 0 Å². The first-order chi connectivity index (χ1) is 18.0. The minimum Gasteiger partial charge on any atom is -0.366 e. The number of carbonyl (C=O) groups is 1. The lowest BCUT2D eigenvalue weighted by atomic mass is 9.79. The van der Waals surface area contributed by atoms with Gasteiger partial charge in [0.25, 0.3) is 5.91 Å². The molecule has 0 aliphatic carbocycles. The maximum Gasteiger partial charge on any atom is 0.416 e. The van der Waals surface area contributed by atoms with Crippen molar-refractivity contribution in [2.24, 2.45) is 5.73 Å². The van der Waals surface area contributed by atoms with Gasteiger partial charge in [-0.3, -0.25) is 15.1 Å². The molecule has 10 heteroatoms. The molecule has 4 nitrogen and oxygen atoms in total. The molecule has 0 aliphatic heterocycles. The van der Waals surface area contributed by atoms with Gasteiger partial charge in [-0.1, -0.05) is 48.0 Å². The quantitative estimate of drug-likeness (QED) is 0.252. The molecule has 0 bridgehead atoms. The van der Waals surface area contributed by atoms with E-state index in [0.717, 1.165) is 18.2 Å². The van der Waals surface area contributed by atoms with Crippen LogP contribution in [0.4, 0.5) is 22.0 Å². The number of benzene rings is 3. The first-order valence-electron chi connectivity index (χ1n) is 11.4. The van der Waals surface area contributed by atoms with E-state index < -0.39 is 34.8 Å². The van der Waals surface area contributed by atoms with Gasteiger partial charge in [0.1, 0.15) is 11.6 Å². The number of alkyl halides is 3. The molecule has 4 rings (SSSR count). The number of rotatable bonds is 8. The average Bonchev–Trinajstić information content (AvgIpc) is 2.87. The highest BCUT2D eigenvalue weighted by Gasteiger charge is 2.39. The van der Waals surface area contributed by atoms with Crippen molar-refractivity contribution in [2.75, 3.05) is 0 Å². The van der Waals surface area contributed by atoms with Crippen molar-refractivity contribution in [3.05, 3.63) is 135 Å². The van der Waals surface area contributed by atoms with E-state index in [-0.39, 0.29) is 29.8 Å². The molecular formula is C28H21ClF5N3O. The van der Waals surface area contributed by atoms with Gasteiger partial charge in [0, 0.05) is 19.2 Å². The summed E-state index contributed by atoms with van der Waals surface area (Å²) in [5.41, 5.74) is 3.61. The molecule has 3 N–H and O–H groups in total. The lowest BCUT2D eigenvalue weighted by molar-refractivity contribution is -0.137. The predicted molar refractivity (Wildman–Crippen MR) is 133 cm³/mol. The zero-order valence-electron chi connectivity index (χ0n) is 19.7. The van der Waals surface area contributed by atoms with E-state index in [4.69, 9.17) is 17.3 Å². The van der Waals surface area contributed by atoms with Crippen molar-refractivity contribution in [1.82, 2.24) is 10.3 Å². The van der Waals surface area contributed by atoms with Crippen LogP contribution >= 0.6 is 11.6 Å². The average molecular weight is 546 g/mol. The van der Waals surface area contributed by atoms with Crippen LogP contribution in [0.25, 0.3) is 0 Å². The van der Waals surface area contributed by atoms with Crippen molar-refractivity contribution in [3.8, 4) is 0 Å². The summed E-state index contributed by atoms with van der Waals surface area (Å²) in [6, 6.07) is 18.0. The molecule has 0 saturated carbocycles. The molecule has 196 valence electrons. The molecule has 1 unspecified atom stereocenters. The SMILES string of the molecule is NC(=O)c1cc(CNC(Cc2ccccc2)(c2cc(F)cc(C(F)(F)F)c2)c2ccc(Cl)cn2)ccc1F. The van der Waals surface area contributed by atoms with Crippen molar-refractivity contribution >= 4 is 17.5 Å². The second-order valence-corrected chi connectivity index (χ2v) is 9.12. The highest BCUT2D eigenvalue weighted by atomic mass is 35.5. The molecule has 3 aromatic carbocycles. The normalized spacial score (nSPS) is 13.2. The Labute approximate surface area is 220 Å². The molecule has 1 amide bonds. The van der Waals surface area contributed by atoms with E-state index in [0.29, 0.717) is 22.2 Å². The topological polar surface area (TPSA) is 68.0 Å². The summed E-state index contributed by atoms with van der Waals surface area (Å²) >= 11 is 6.04.